The number of methoxy groups -OCH3 is 1. The molecule has 0 saturated heterocycles. The molecule has 7 rings (SSSR count). The van der Waals surface area contributed by atoms with Crippen molar-refractivity contribution < 1.29 is 19.1 Å². The number of anilines is 4. The summed E-state index contributed by atoms with van der Waals surface area (Å²) < 4.78 is 13.9. The first-order valence-corrected chi connectivity index (χ1v) is 23.5. The highest BCUT2D eigenvalue weighted by molar-refractivity contribution is 6.04. The molecule has 2 aromatic heterocycles. The van der Waals surface area contributed by atoms with Gasteiger partial charge < -0.3 is 29.5 Å². The van der Waals surface area contributed by atoms with Gasteiger partial charge in [-0.3, -0.25) is 14.5 Å². The second-order valence-corrected chi connectivity index (χ2v) is 17.8. The Morgan fingerprint density at radius 2 is 1.83 bits per heavy atom. The monoisotopic (exact) mass is 873 g/mol. The molecule has 4 aromatic rings. The Morgan fingerprint density at radius 1 is 1.03 bits per heavy atom. The van der Waals surface area contributed by atoms with Crippen molar-refractivity contribution in [1.82, 2.24) is 34.8 Å². The number of carbonyl (C=O) groups is 2. The molecule has 0 radical (unpaired) electrons. The van der Waals surface area contributed by atoms with Crippen LogP contribution in [0.25, 0.3) is 11.3 Å². The zero-order chi connectivity index (χ0) is 45.2. The van der Waals surface area contributed by atoms with Gasteiger partial charge >= 0.3 is 0 Å². The van der Waals surface area contributed by atoms with E-state index in [1.54, 1.807) is 18.2 Å². The third-order valence-electron chi connectivity index (χ3n) is 13.7. The van der Waals surface area contributed by atoms with Gasteiger partial charge in [0.15, 0.2) is 5.82 Å². The molecule has 2 aromatic carbocycles. The largest absolute Gasteiger partial charge is 0.495 e. The molecule has 1 N–H and O–H groups in total. The molecule has 2 fully saturated rings. The van der Waals surface area contributed by atoms with E-state index < -0.39 is 0 Å². The van der Waals surface area contributed by atoms with E-state index in [1.165, 1.54) is 12.8 Å². The normalized spacial score (nSPS) is 19.5. The number of fused-ring (bicyclic) bond motifs is 1. The Bertz CT molecular complexity index is 2260. The van der Waals surface area contributed by atoms with Gasteiger partial charge in [-0.2, -0.15) is 4.98 Å². The molecular weight excluding hydrogens is 805 g/mol. The Kier molecular flexibility index (Phi) is 16.0. The standard InChI is InChI=1S/C50H68N10O4/c1-8-15-35(3)57(5)32-42-36(17-14-18-38(42)34-61)16-12-13-28-64-29-27-56(4)39-22-24-40(25-23-39)59-33-44(54-55-59)37-21-26-43(47(30-37)63-7)52-50-51-31-46-48(53-50)60(41-19-10-11-20-41)45(9-2)49(62)58(46)6/h14,17-18,21,26,30-31,33-35,39-41,45H,8-11,13,15,19-20,22-25,27-29,32H2,1-7H3,(H,51,52,53)/t35?,39-,40+,45-/m1/s1. The van der Waals surface area contributed by atoms with Gasteiger partial charge in [-0.15, -0.1) is 5.10 Å². The van der Waals surface area contributed by atoms with E-state index in [-0.39, 0.29) is 11.9 Å². The third-order valence-corrected chi connectivity index (χ3v) is 13.7. The molecule has 2 aliphatic carbocycles. The third kappa shape index (κ3) is 10.8. The lowest BCUT2D eigenvalue weighted by molar-refractivity contribution is -0.120. The number of nitrogens with zero attached hydrogens (tertiary/aromatic N) is 9. The van der Waals surface area contributed by atoms with Crippen LogP contribution in [0.15, 0.2) is 48.8 Å². The van der Waals surface area contributed by atoms with Crippen LogP contribution < -0.4 is 19.9 Å². The molecule has 0 bridgehead atoms. The molecule has 3 heterocycles. The molecule has 0 spiro atoms. The number of ether oxygens (including phenoxy) is 2. The van der Waals surface area contributed by atoms with Gasteiger partial charge in [0.25, 0.3) is 0 Å². The van der Waals surface area contributed by atoms with Crippen LogP contribution in [-0.4, -0.2) is 119 Å². The second kappa shape index (κ2) is 22.0. The minimum absolute atomic E-state index is 0.0963. The molecule has 1 unspecified atom stereocenters. The van der Waals surface area contributed by atoms with Crippen molar-refractivity contribution in [3.05, 3.63) is 65.5 Å². The molecule has 342 valence electrons. The van der Waals surface area contributed by atoms with Crippen molar-refractivity contribution in [3.8, 4) is 28.8 Å². The van der Waals surface area contributed by atoms with Gasteiger partial charge in [0.05, 0.1) is 44.4 Å². The van der Waals surface area contributed by atoms with Gasteiger partial charge in [-0.05, 0) is 96.1 Å². The predicted octanol–water partition coefficient (Wildman–Crippen LogP) is 8.30. The number of likely N-dealkylation sites (N-methyl/N-ethyl adjacent to an activating group) is 2. The fraction of sp³-hybridized carbons (Fsp3) is 0.560. The van der Waals surface area contributed by atoms with Crippen LogP contribution in [0, 0.1) is 11.8 Å². The summed E-state index contributed by atoms with van der Waals surface area (Å²) in [6.45, 7) is 9.31. The number of carbonyl (C=O) groups excluding carboxylic acids is 2. The quantitative estimate of drug-likeness (QED) is 0.0552. The van der Waals surface area contributed by atoms with Crippen molar-refractivity contribution in [1.29, 1.82) is 0 Å². The highest BCUT2D eigenvalue weighted by Gasteiger charge is 2.41. The first-order chi connectivity index (χ1) is 31.1. The summed E-state index contributed by atoms with van der Waals surface area (Å²) >= 11 is 0. The van der Waals surface area contributed by atoms with Gasteiger partial charge in [-0.1, -0.05) is 68.4 Å². The fourth-order valence-electron chi connectivity index (χ4n) is 9.69. The van der Waals surface area contributed by atoms with Crippen LogP contribution in [0.4, 0.5) is 23.1 Å². The predicted molar refractivity (Wildman–Crippen MR) is 253 cm³/mol. The van der Waals surface area contributed by atoms with E-state index in [0.717, 1.165) is 110 Å². The summed E-state index contributed by atoms with van der Waals surface area (Å²) in [5.41, 5.74) is 5.81. The lowest BCUT2D eigenvalue weighted by Gasteiger charge is -2.43. The summed E-state index contributed by atoms with van der Waals surface area (Å²) in [6, 6.07) is 13.0. The van der Waals surface area contributed by atoms with E-state index in [1.807, 2.05) is 54.3 Å². The number of rotatable bonds is 19. The summed E-state index contributed by atoms with van der Waals surface area (Å²) in [7, 11) is 7.78. The number of hydrogen-bond donors (Lipinski definition) is 1. The van der Waals surface area contributed by atoms with E-state index in [2.05, 4.69) is 82.0 Å². The van der Waals surface area contributed by atoms with Crippen molar-refractivity contribution in [2.24, 2.45) is 0 Å². The summed E-state index contributed by atoms with van der Waals surface area (Å²) in [5.74, 6) is 8.60. The first kappa shape index (κ1) is 46.6. The summed E-state index contributed by atoms with van der Waals surface area (Å²) in [4.78, 5) is 43.5. The highest BCUT2D eigenvalue weighted by atomic mass is 16.5. The topological polar surface area (TPSA) is 134 Å². The molecule has 14 nitrogen and oxygen atoms in total. The highest BCUT2D eigenvalue weighted by Crippen LogP contribution is 2.41. The summed E-state index contributed by atoms with van der Waals surface area (Å²) in [6.07, 6.45) is 17.0. The van der Waals surface area contributed by atoms with Gasteiger partial charge in [0.2, 0.25) is 11.9 Å². The van der Waals surface area contributed by atoms with Gasteiger partial charge in [-0.25, -0.2) is 9.67 Å². The molecule has 1 amide bonds. The average molecular weight is 873 g/mol. The molecule has 1 aliphatic heterocycles. The molecule has 14 heteroatoms. The number of nitrogens with one attached hydrogen (secondary N) is 1. The maximum absolute atomic E-state index is 13.3. The zero-order valence-corrected chi connectivity index (χ0v) is 39.1. The van der Waals surface area contributed by atoms with Crippen molar-refractivity contribution >= 4 is 35.3 Å². The lowest BCUT2D eigenvalue weighted by atomic mass is 9.90. The number of benzene rings is 2. The molecule has 64 heavy (non-hydrogen) atoms. The van der Waals surface area contributed by atoms with Gasteiger partial charge in [0, 0.05) is 61.4 Å². The average Bonchev–Trinajstić information content (AvgIpc) is 4.04. The minimum Gasteiger partial charge on any atom is -0.495 e. The maximum atomic E-state index is 13.3. The lowest BCUT2D eigenvalue weighted by Crippen LogP contribution is -2.55. The fourth-order valence-corrected chi connectivity index (χ4v) is 9.69. The Morgan fingerprint density at radius 3 is 2.56 bits per heavy atom. The van der Waals surface area contributed by atoms with Crippen LogP contribution in [-0.2, 0) is 16.1 Å². The van der Waals surface area contributed by atoms with Crippen molar-refractivity contribution in [3.63, 3.8) is 0 Å². The van der Waals surface area contributed by atoms with Crippen LogP contribution in [0.5, 0.6) is 5.75 Å². The minimum atomic E-state index is -0.233. The molecular formula is C50H68N10O4. The Labute approximate surface area is 380 Å². The van der Waals surface area contributed by atoms with E-state index in [9.17, 15) is 9.59 Å². The van der Waals surface area contributed by atoms with Crippen molar-refractivity contribution in [2.45, 2.75) is 135 Å². The Hall–Kier alpha value is -5.36. The van der Waals surface area contributed by atoms with E-state index in [4.69, 9.17) is 14.5 Å². The van der Waals surface area contributed by atoms with Crippen LogP contribution >= 0.6 is 0 Å². The Balaban J connectivity index is 0.882. The maximum Gasteiger partial charge on any atom is 0.249 e. The molecule has 2 saturated carbocycles. The van der Waals surface area contributed by atoms with Gasteiger partial charge in [0.1, 0.15) is 29.5 Å². The number of aromatic nitrogens is 5. The van der Waals surface area contributed by atoms with E-state index in [0.29, 0.717) is 67.6 Å². The van der Waals surface area contributed by atoms with Crippen molar-refractivity contribution in [2.75, 3.05) is 63.1 Å². The number of amides is 1. The summed E-state index contributed by atoms with van der Waals surface area (Å²) in [5, 5.41) is 12.5. The zero-order valence-electron chi connectivity index (χ0n) is 39.1. The van der Waals surface area contributed by atoms with Crippen LogP contribution in [0.2, 0.25) is 0 Å². The SMILES string of the molecule is CCCC(C)N(C)Cc1c(C#CCCOCCN(C)[C@H]2CC[C@@H](n3cc(-c4ccc(Nc5ncc6c(n5)N(C5CCCC5)[C@H](CC)C(=O)N6C)c(OC)c4)nn3)CC2)cccc1C=O. The molecule has 3 aliphatic rings. The second-order valence-electron chi connectivity index (χ2n) is 17.8. The number of aldehydes is 1. The van der Waals surface area contributed by atoms with Crippen LogP contribution in [0.1, 0.15) is 125 Å². The number of hydrogen-bond acceptors (Lipinski definition) is 12. The van der Waals surface area contributed by atoms with E-state index >= 15 is 0 Å². The smallest absolute Gasteiger partial charge is 0.249 e. The first-order valence-electron chi connectivity index (χ1n) is 23.5. The van der Waals surface area contributed by atoms with Crippen LogP contribution in [0.3, 0.4) is 0 Å². The molecule has 2 atom stereocenters.